The van der Waals surface area contributed by atoms with Crippen molar-refractivity contribution in [2.45, 2.75) is 0 Å². The van der Waals surface area contributed by atoms with Crippen molar-refractivity contribution >= 4 is 61.6 Å². The number of fused-ring (bicyclic) bond motifs is 3. The molecule has 12 rings (SSSR count). The number of hydrogen-bond acceptors (Lipinski definition) is 4. The molecular formula is C65H44N6. The molecule has 0 aliphatic rings. The molecule has 0 saturated carbocycles. The van der Waals surface area contributed by atoms with Crippen molar-refractivity contribution in [3.05, 3.63) is 278 Å². The Balaban J connectivity index is 0.983. The van der Waals surface area contributed by atoms with Crippen LogP contribution in [0.15, 0.2) is 267 Å². The Morgan fingerprint density at radius 1 is 0.324 bits per heavy atom. The van der Waals surface area contributed by atoms with Crippen molar-refractivity contribution in [3.8, 4) is 50.7 Å². The standard InChI is InChI=1S/C65H44N6/c1-66-61-42-50(46-32-34-48(35-33-46)60-45-59(47-20-8-2-9-21-47)67-65(68-60)49-22-10-3-11-23-49)36-39-64(61)71-62-40-37-55(69(51-24-12-4-13-25-51)52-26-14-5-15-27-52)43-57(62)58-44-56(38-41-63(58)71)70(53-28-16-6-17-29-53)54-30-18-7-19-31-54/h2-45H. The lowest BCUT2D eigenvalue weighted by atomic mass is 10.0. The maximum atomic E-state index is 8.64. The van der Waals surface area contributed by atoms with Crippen LogP contribution in [-0.2, 0) is 0 Å². The average Bonchev–Trinajstić information content (AvgIpc) is 3.77. The first-order valence-corrected chi connectivity index (χ1v) is 23.7. The second-order valence-electron chi connectivity index (χ2n) is 17.3. The fourth-order valence-electron chi connectivity index (χ4n) is 9.62. The van der Waals surface area contributed by atoms with E-state index >= 15 is 0 Å². The van der Waals surface area contributed by atoms with Crippen LogP contribution in [0.3, 0.4) is 0 Å². The minimum Gasteiger partial charge on any atom is -0.319 e. The monoisotopic (exact) mass is 908 g/mol. The summed E-state index contributed by atoms with van der Waals surface area (Å²) in [5, 5.41) is 2.15. The molecule has 71 heavy (non-hydrogen) atoms. The van der Waals surface area contributed by atoms with Gasteiger partial charge in [-0.1, -0.05) is 164 Å². The first kappa shape index (κ1) is 42.5. The maximum Gasteiger partial charge on any atom is 0.211 e. The van der Waals surface area contributed by atoms with Crippen molar-refractivity contribution in [2.75, 3.05) is 9.80 Å². The van der Waals surface area contributed by atoms with Gasteiger partial charge in [0.05, 0.1) is 34.7 Å². The molecule has 0 aliphatic heterocycles. The highest BCUT2D eigenvalue weighted by Gasteiger charge is 2.22. The molecule has 2 aromatic heterocycles. The predicted molar refractivity (Wildman–Crippen MR) is 294 cm³/mol. The molecule has 0 unspecified atom stereocenters. The molecule has 0 aliphatic carbocycles. The molecule has 0 spiro atoms. The van der Waals surface area contributed by atoms with Gasteiger partial charge in [0, 0.05) is 61.6 Å². The minimum atomic E-state index is 0.555. The Morgan fingerprint density at radius 2 is 0.704 bits per heavy atom. The average molecular weight is 909 g/mol. The van der Waals surface area contributed by atoms with E-state index in [0.29, 0.717) is 11.5 Å². The van der Waals surface area contributed by atoms with E-state index in [1.807, 2.05) is 54.6 Å². The van der Waals surface area contributed by atoms with E-state index in [1.54, 1.807) is 0 Å². The van der Waals surface area contributed by atoms with Gasteiger partial charge in [0.15, 0.2) is 5.82 Å². The summed E-state index contributed by atoms with van der Waals surface area (Å²) < 4.78 is 2.26. The lowest BCUT2D eigenvalue weighted by Gasteiger charge is -2.26. The van der Waals surface area contributed by atoms with Gasteiger partial charge in [0.25, 0.3) is 0 Å². The highest BCUT2D eigenvalue weighted by atomic mass is 15.2. The van der Waals surface area contributed by atoms with Crippen LogP contribution in [0.1, 0.15) is 0 Å². The maximum absolute atomic E-state index is 8.64. The smallest absolute Gasteiger partial charge is 0.211 e. The molecule has 12 aromatic rings. The number of nitrogens with zero attached hydrogens (tertiary/aromatic N) is 6. The Labute approximate surface area is 413 Å². The predicted octanol–water partition coefficient (Wildman–Crippen LogP) is 17.7. The summed E-state index contributed by atoms with van der Waals surface area (Å²) >= 11 is 0. The minimum absolute atomic E-state index is 0.555. The second kappa shape index (κ2) is 18.7. The summed E-state index contributed by atoms with van der Waals surface area (Å²) in [5.74, 6) is 0.676. The van der Waals surface area contributed by atoms with Gasteiger partial charge in [-0.3, -0.25) is 0 Å². The first-order valence-electron chi connectivity index (χ1n) is 23.7. The van der Waals surface area contributed by atoms with Crippen LogP contribution in [-0.4, -0.2) is 14.5 Å². The van der Waals surface area contributed by atoms with Gasteiger partial charge in [0.1, 0.15) is 0 Å². The van der Waals surface area contributed by atoms with Crippen molar-refractivity contribution in [1.29, 1.82) is 0 Å². The third-order valence-corrected chi connectivity index (χ3v) is 13.0. The van der Waals surface area contributed by atoms with Crippen molar-refractivity contribution in [2.24, 2.45) is 0 Å². The topological polar surface area (TPSA) is 41.6 Å². The number of benzene rings is 10. The van der Waals surface area contributed by atoms with Gasteiger partial charge in [0.2, 0.25) is 5.69 Å². The summed E-state index contributed by atoms with van der Waals surface area (Å²) in [6.45, 7) is 8.64. The van der Waals surface area contributed by atoms with E-state index in [0.717, 1.165) is 101 Å². The molecule has 0 N–H and O–H groups in total. The van der Waals surface area contributed by atoms with E-state index in [1.165, 1.54) is 0 Å². The van der Waals surface area contributed by atoms with Crippen LogP contribution in [0.4, 0.5) is 39.8 Å². The van der Waals surface area contributed by atoms with Gasteiger partial charge < -0.3 is 14.4 Å². The second-order valence-corrected chi connectivity index (χ2v) is 17.3. The number of para-hydroxylation sites is 4. The van der Waals surface area contributed by atoms with Gasteiger partial charge in [-0.25, -0.2) is 14.8 Å². The molecule has 0 saturated heterocycles. The summed E-state index contributed by atoms with van der Waals surface area (Å²) in [4.78, 5) is 18.8. The molecule has 6 heteroatoms. The van der Waals surface area contributed by atoms with E-state index in [9.17, 15) is 0 Å². The Kier molecular flexibility index (Phi) is 11.2. The zero-order valence-electron chi connectivity index (χ0n) is 38.6. The van der Waals surface area contributed by atoms with E-state index in [-0.39, 0.29) is 0 Å². The number of aromatic nitrogens is 3. The van der Waals surface area contributed by atoms with Crippen LogP contribution < -0.4 is 9.80 Å². The van der Waals surface area contributed by atoms with Crippen LogP contribution in [0.2, 0.25) is 0 Å². The van der Waals surface area contributed by atoms with E-state index in [4.69, 9.17) is 16.5 Å². The molecule has 0 atom stereocenters. The summed E-state index contributed by atoms with van der Waals surface area (Å²) in [6.07, 6.45) is 0. The van der Waals surface area contributed by atoms with Crippen LogP contribution in [0, 0.1) is 6.57 Å². The summed E-state index contributed by atoms with van der Waals surface area (Å²) in [5.41, 5.74) is 16.3. The lowest BCUT2D eigenvalue weighted by molar-refractivity contribution is 1.18. The fraction of sp³-hybridized carbons (Fsp3) is 0. The van der Waals surface area contributed by atoms with Crippen LogP contribution >= 0.6 is 0 Å². The van der Waals surface area contributed by atoms with Crippen LogP contribution in [0.5, 0.6) is 0 Å². The molecule has 6 nitrogen and oxygen atoms in total. The third-order valence-electron chi connectivity index (χ3n) is 13.0. The van der Waals surface area contributed by atoms with Gasteiger partial charge in [-0.2, -0.15) is 0 Å². The molecule has 0 amide bonds. The highest BCUT2D eigenvalue weighted by molar-refractivity contribution is 6.12. The summed E-state index contributed by atoms with van der Waals surface area (Å²) in [6, 6.07) is 92.5. The van der Waals surface area contributed by atoms with E-state index < -0.39 is 0 Å². The Bertz CT molecular complexity index is 3580. The molecule has 0 bridgehead atoms. The largest absolute Gasteiger partial charge is 0.319 e. The normalized spacial score (nSPS) is 11.1. The number of hydrogen-bond donors (Lipinski definition) is 0. The van der Waals surface area contributed by atoms with E-state index in [2.05, 4.69) is 232 Å². The van der Waals surface area contributed by atoms with Gasteiger partial charge in [-0.15, -0.1) is 0 Å². The molecule has 2 heterocycles. The Hall–Kier alpha value is -9.83. The van der Waals surface area contributed by atoms with Crippen molar-refractivity contribution in [3.63, 3.8) is 0 Å². The zero-order chi connectivity index (χ0) is 47.5. The van der Waals surface area contributed by atoms with Crippen molar-refractivity contribution in [1.82, 2.24) is 14.5 Å². The lowest BCUT2D eigenvalue weighted by Crippen LogP contribution is -2.09. The van der Waals surface area contributed by atoms with Crippen LogP contribution in [0.25, 0.3) is 77.4 Å². The van der Waals surface area contributed by atoms with Gasteiger partial charge in [-0.05, 0) is 114 Å². The quantitative estimate of drug-likeness (QED) is 0.121. The Morgan fingerprint density at radius 3 is 1.14 bits per heavy atom. The fourth-order valence-corrected chi connectivity index (χ4v) is 9.62. The molecule has 0 radical (unpaired) electrons. The SMILES string of the molecule is [C-]#[N+]c1cc(-c2ccc(-c3cc(-c4ccccc4)nc(-c4ccccc4)n3)cc2)ccc1-n1c2ccc(N(c3ccccc3)c3ccccc3)cc2c2cc(N(c3ccccc3)c3ccccc3)ccc21. The van der Waals surface area contributed by atoms with Crippen molar-refractivity contribution < 1.29 is 0 Å². The third kappa shape index (κ3) is 8.24. The molecule has 334 valence electrons. The molecule has 0 fully saturated rings. The first-order chi connectivity index (χ1) is 35.2. The number of rotatable bonds is 11. The summed E-state index contributed by atoms with van der Waals surface area (Å²) in [7, 11) is 0. The molecule has 10 aromatic carbocycles. The van der Waals surface area contributed by atoms with Gasteiger partial charge >= 0.3 is 0 Å². The zero-order valence-corrected chi connectivity index (χ0v) is 38.6. The molecular weight excluding hydrogens is 865 g/mol. The highest BCUT2D eigenvalue weighted by Crippen LogP contribution is 2.44. The number of anilines is 6.